The molecule has 0 bridgehead atoms. The highest BCUT2D eigenvalue weighted by molar-refractivity contribution is 5.25. The SMILES string of the molecule is CCCn1nncc1C(NN)c1cc(OC)n(C)n1. The molecular weight excluding hydrogens is 246 g/mol. The van der Waals surface area contributed by atoms with E-state index in [4.69, 9.17) is 10.6 Å². The largest absolute Gasteiger partial charge is 0.481 e. The van der Waals surface area contributed by atoms with E-state index >= 15 is 0 Å². The van der Waals surface area contributed by atoms with Crippen molar-refractivity contribution in [3.63, 3.8) is 0 Å². The van der Waals surface area contributed by atoms with Crippen molar-refractivity contribution < 1.29 is 4.74 Å². The molecule has 0 radical (unpaired) electrons. The maximum absolute atomic E-state index is 5.65. The van der Waals surface area contributed by atoms with E-state index in [9.17, 15) is 0 Å². The first kappa shape index (κ1) is 13.5. The van der Waals surface area contributed by atoms with Crippen LogP contribution >= 0.6 is 0 Å². The highest BCUT2D eigenvalue weighted by Crippen LogP contribution is 2.23. The Hall–Kier alpha value is -1.93. The molecule has 2 heterocycles. The molecule has 104 valence electrons. The summed E-state index contributed by atoms with van der Waals surface area (Å²) in [6.07, 6.45) is 2.67. The Balaban J connectivity index is 2.35. The Bertz CT molecular complexity index is 533. The predicted molar refractivity (Wildman–Crippen MR) is 69.2 cm³/mol. The van der Waals surface area contributed by atoms with Crippen molar-refractivity contribution in [2.24, 2.45) is 12.9 Å². The lowest BCUT2D eigenvalue weighted by atomic mass is 10.1. The fourth-order valence-corrected chi connectivity index (χ4v) is 2.00. The van der Waals surface area contributed by atoms with Gasteiger partial charge in [0, 0.05) is 19.7 Å². The summed E-state index contributed by atoms with van der Waals surface area (Å²) in [6.45, 7) is 2.87. The first-order chi connectivity index (χ1) is 9.21. The zero-order chi connectivity index (χ0) is 13.8. The van der Waals surface area contributed by atoms with Gasteiger partial charge in [-0.1, -0.05) is 12.1 Å². The molecule has 2 rings (SSSR count). The number of aromatic nitrogens is 5. The maximum atomic E-state index is 5.65. The van der Waals surface area contributed by atoms with Gasteiger partial charge in [0.25, 0.3) is 0 Å². The zero-order valence-electron chi connectivity index (χ0n) is 11.4. The number of hydrogen-bond acceptors (Lipinski definition) is 6. The first-order valence-corrected chi connectivity index (χ1v) is 6.13. The molecule has 8 heteroatoms. The van der Waals surface area contributed by atoms with Gasteiger partial charge < -0.3 is 4.74 Å². The lowest BCUT2D eigenvalue weighted by Crippen LogP contribution is -2.31. The average molecular weight is 265 g/mol. The van der Waals surface area contributed by atoms with Crippen LogP contribution in [-0.2, 0) is 13.6 Å². The first-order valence-electron chi connectivity index (χ1n) is 6.13. The molecule has 3 N–H and O–H groups in total. The highest BCUT2D eigenvalue weighted by atomic mass is 16.5. The van der Waals surface area contributed by atoms with Gasteiger partial charge in [-0.3, -0.25) is 5.84 Å². The number of nitrogens with zero attached hydrogens (tertiary/aromatic N) is 5. The summed E-state index contributed by atoms with van der Waals surface area (Å²) in [4.78, 5) is 0. The molecule has 0 saturated heterocycles. The Kier molecular flexibility index (Phi) is 4.13. The second-order valence-corrected chi connectivity index (χ2v) is 4.22. The topological polar surface area (TPSA) is 95.8 Å². The van der Waals surface area contributed by atoms with Crippen molar-refractivity contribution in [3.05, 3.63) is 23.7 Å². The van der Waals surface area contributed by atoms with Gasteiger partial charge in [-0.15, -0.1) is 5.10 Å². The van der Waals surface area contributed by atoms with Crippen LogP contribution in [-0.4, -0.2) is 31.9 Å². The van der Waals surface area contributed by atoms with Crippen molar-refractivity contribution in [3.8, 4) is 5.88 Å². The van der Waals surface area contributed by atoms with Crippen LogP contribution in [0.2, 0.25) is 0 Å². The van der Waals surface area contributed by atoms with E-state index in [2.05, 4.69) is 27.8 Å². The minimum Gasteiger partial charge on any atom is -0.481 e. The van der Waals surface area contributed by atoms with Crippen LogP contribution in [0.5, 0.6) is 5.88 Å². The molecule has 0 aromatic carbocycles. The second kappa shape index (κ2) is 5.81. The number of nitrogens with two attached hydrogens (primary N) is 1. The van der Waals surface area contributed by atoms with E-state index in [1.165, 1.54) is 0 Å². The minimum absolute atomic E-state index is 0.267. The van der Waals surface area contributed by atoms with Crippen molar-refractivity contribution in [1.29, 1.82) is 0 Å². The van der Waals surface area contributed by atoms with E-state index in [0.29, 0.717) is 5.88 Å². The third-order valence-corrected chi connectivity index (χ3v) is 2.91. The van der Waals surface area contributed by atoms with Crippen LogP contribution in [0.1, 0.15) is 30.8 Å². The molecule has 0 fully saturated rings. The summed E-state index contributed by atoms with van der Waals surface area (Å²) in [5.41, 5.74) is 4.40. The van der Waals surface area contributed by atoms with E-state index in [1.807, 2.05) is 17.8 Å². The molecule has 1 unspecified atom stereocenters. The molecule has 8 nitrogen and oxygen atoms in total. The third kappa shape index (κ3) is 2.59. The van der Waals surface area contributed by atoms with Crippen molar-refractivity contribution in [2.45, 2.75) is 25.9 Å². The van der Waals surface area contributed by atoms with E-state index in [0.717, 1.165) is 24.4 Å². The summed E-state index contributed by atoms with van der Waals surface area (Å²) in [5.74, 6) is 6.32. The van der Waals surface area contributed by atoms with Crippen molar-refractivity contribution in [1.82, 2.24) is 30.2 Å². The lowest BCUT2D eigenvalue weighted by Gasteiger charge is -2.14. The van der Waals surface area contributed by atoms with Gasteiger partial charge in [0.05, 0.1) is 24.7 Å². The van der Waals surface area contributed by atoms with Gasteiger partial charge in [-0.05, 0) is 6.42 Å². The molecule has 2 aromatic heterocycles. The molecule has 0 aliphatic rings. The summed E-state index contributed by atoms with van der Waals surface area (Å²) in [5, 5.41) is 12.4. The molecule has 1 atom stereocenters. The molecule has 0 amide bonds. The Morgan fingerprint density at radius 1 is 1.53 bits per heavy atom. The minimum atomic E-state index is -0.267. The fraction of sp³-hybridized carbons (Fsp3) is 0.545. The summed E-state index contributed by atoms with van der Waals surface area (Å²) in [7, 11) is 3.42. The third-order valence-electron chi connectivity index (χ3n) is 2.91. The van der Waals surface area contributed by atoms with E-state index < -0.39 is 0 Å². The summed E-state index contributed by atoms with van der Waals surface area (Å²) in [6, 6.07) is 1.57. The maximum Gasteiger partial charge on any atom is 0.211 e. The second-order valence-electron chi connectivity index (χ2n) is 4.22. The summed E-state index contributed by atoms with van der Waals surface area (Å²) < 4.78 is 8.69. The average Bonchev–Trinajstić information content (AvgIpc) is 2.99. The molecular formula is C11H19N7O. The lowest BCUT2D eigenvalue weighted by molar-refractivity contribution is 0.373. The van der Waals surface area contributed by atoms with Gasteiger partial charge in [0.1, 0.15) is 6.04 Å². The number of rotatable bonds is 6. The number of ether oxygens (including phenoxy) is 1. The highest BCUT2D eigenvalue weighted by Gasteiger charge is 2.21. The Morgan fingerprint density at radius 3 is 2.89 bits per heavy atom. The normalized spacial score (nSPS) is 12.6. The van der Waals surface area contributed by atoms with Gasteiger partial charge in [-0.2, -0.15) is 5.10 Å². The van der Waals surface area contributed by atoms with Crippen LogP contribution in [0.3, 0.4) is 0 Å². The standard InChI is InChI=1S/C11H19N7O/c1-4-5-18-9(7-13-16-18)11(14-12)8-6-10(19-3)17(2)15-8/h6-7,11,14H,4-5,12H2,1-3H3. The quantitative estimate of drug-likeness (QED) is 0.563. The van der Waals surface area contributed by atoms with Crippen molar-refractivity contribution >= 4 is 0 Å². The van der Waals surface area contributed by atoms with E-state index in [-0.39, 0.29) is 6.04 Å². The van der Waals surface area contributed by atoms with Gasteiger partial charge in [0.2, 0.25) is 5.88 Å². The van der Waals surface area contributed by atoms with E-state index in [1.54, 1.807) is 18.0 Å². The molecule has 0 saturated carbocycles. The van der Waals surface area contributed by atoms with Crippen molar-refractivity contribution in [2.75, 3.05) is 7.11 Å². The zero-order valence-corrected chi connectivity index (χ0v) is 11.4. The number of hydrazine groups is 1. The Morgan fingerprint density at radius 2 is 2.32 bits per heavy atom. The van der Waals surface area contributed by atoms with Gasteiger partial charge in [0.15, 0.2) is 0 Å². The number of nitrogens with one attached hydrogen (secondary N) is 1. The van der Waals surface area contributed by atoms with Gasteiger partial charge >= 0.3 is 0 Å². The smallest absolute Gasteiger partial charge is 0.211 e. The molecule has 0 aliphatic heterocycles. The Labute approximate surface area is 111 Å². The molecule has 19 heavy (non-hydrogen) atoms. The van der Waals surface area contributed by atoms with Crippen LogP contribution in [0, 0.1) is 0 Å². The van der Waals surface area contributed by atoms with Gasteiger partial charge in [-0.25, -0.2) is 14.8 Å². The molecule has 0 spiro atoms. The molecule has 2 aromatic rings. The molecule has 0 aliphatic carbocycles. The predicted octanol–water partition coefficient (Wildman–Crippen LogP) is -0.0171. The summed E-state index contributed by atoms with van der Waals surface area (Å²) >= 11 is 0. The number of hydrogen-bond donors (Lipinski definition) is 2. The van der Waals surface area contributed by atoms with Crippen LogP contribution in [0.15, 0.2) is 12.3 Å². The van der Waals surface area contributed by atoms with Crippen LogP contribution in [0.25, 0.3) is 0 Å². The fourth-order valence-electron chi connectivity index (χ4n) is 2.00. The number of aryl methyl sites for hydroxylation is 2. The number of methoxy groups -OCH3 is 1. The van der Waals surface area contributed by atoms with Crippen LogP contribution < -0.4 is 16.0 Å². The monoisotopic (exact) mass is 265 g/mol. The van der Waals surface area contributed by atoms with Crippen LogP contribution in [0.4, 0.5) is 0 Å².